The predicted molar refractivity (Wildman–Crippen MR) is 138 cm³/mol. The molecule has 35 heavy (non-hydrogen) atoms. The normalized spacial score (nSPS) is 15.2. The zero-order valence-corrected chi connectivity index (χ0v) is 20.6. The summed E-state index contributed by atoms with van der Waals surface area (Å²) in [7, 11) is 1.63. The molecule has 0 unspecified atom stereocenters. The minimum atomic E-state index is -0.531. The van der Waals surface area contributed by atoms with Gasteiger partial charge in [0.1, 0.15) is 11.3 Å². The van der Waals surface area contributed by atoms with E-state index in [1.165, 1.54) is 5.56 Å². The van der Waals surface area contributed by atoms with Crippen molar-refractivity contribution in [3.8, 4) is 5.75 Å². The Morgan fingerprint density at radius 3 is 2.37 bits per heavy atom. The van der Waals surface area contributed by atoms with Crippen LogP contribution in [0.1, 0.15) is 58.6 Å². The fourth-order valence-corrected chi connectivity index (χ4v) is 4.85. The molecule has 3 aromatic carbocycles. The summed E-state index contributed by atoms with van der Waals surface area (Å²) >= 11 is 6.17. The molecule has 0 saturated heterocycles. The van der Waals surface area contributed by atoms with Gasteiger partial charge >= 0.3 is 0 Å². The Morgan fingerprint density at radius 2 is 1.71 bits per heavy atom. The molecule has 0 saturated carbocycles. The molecular weight excluding hydrogens is 462 g/mol. The van der Waals surface area contributed by atoms with Crippen LogP contribution in [0.4, 0.5) is 0 Å². The number of ether oxygens (including phenoxy) is 1. The lowest BCUT2D eigenvalue weighted by atomic mass is 9.95. The van der Waals surface area contributed by atoms with Crippen LogP contribution in [0.2, 0.25) is 5.02 Å². The van der Waals surface area contributed by atoms with Gasteiger partial charge in [-0.1, -0.05) is 61.8 Å². The summed E-state index contributed by atoms with van der Waals surface area (Å²) < 4.78 is 11.3. The van der Waals surface area contributed by atoms with Gasteiger partial charge in [0.2, 0.25) is 5.76 Å². The fraction of sp³-hybridized carbons (Fsp3) is 0.241. The van der Waals surface area contributed by atoms with E-state index in [9.17, 15) is 9.59 Å². The molecule has 178 valence electrons. The number of rotatable bonds is 6. The van der Waals surface area contributed by atoms with E-state index in [1.54, 1.807) is 30.2 Å². The molecule has 0 aliphatic carbocycles. The van der Waals surface area contributed by atoms with E-state index in [-0.39, 0.29) is 17.1 Å². The Balaban J connectivity index is 1.59. The quantitative estimate of drug-likeness (QED) is 0.317. The van der Waals surface area contributed by atoms with Crippen LogP contribution in [0.15, 0.2) is 75.9 Å². The topological polar surface area (TPSA) is 59.8 Å². The highest BCUT2D eigenvalue weighted by Crippen LogP contribution is 2.39. The molecule has 5 nitrogen and oxygen atoms in total. The van der Waals surface area contributed by atoms with E-state index in [4.69, 9.17) is 20.8 Å². The average Bonchev–Trinajstić information content (AvgIpc) is 3.15. The molecule has 0 fully saturated rings. The number of halogens is 1. The van der Waals surface area contributed by atoms with Crippen LogP contribution in [0.5, 0.6) is 5.75 Å². The van der Waals surface area contributed by atoms with Crippen molar-refractivity contribution >= 4 is 28.5 Å². The Kier molecular flexibility index (Phi) is 6.12. The van der Waals surface area contributed by atoms with E-state index in [2.05, 4.69) is 26.0 Å². The smallest absolute Gasteiger partial charge is 0.290 e. The Labute approximate surface area is 208 Å². The molecule has 6 heteroatoms. The van der Waals surface area contributed by atoms with Crippen molar-refractivity contribution in [2.24, 2.45) is 0 Å². The molecule has 0 radical (unpaired) electrons. The number of fused-ring (bicyclic) bond motifs is 2. The molecule has 5 rings (SSSR count). The SMILES string of the molecule is COc1ccc(CCN2C(=O)c3oc4ccc(Cl)cc4c(=O)c3[C@@H]2c2ccc(C(C)C)cc2)cc1. The molecule has 1 aliphatic rings. The molecule has 0 N–H and O–H groups in total. The first-order valence-electron chi connectivity index (χ1n) is 11.7. The second-order valence-corrected chi connectivity index (χ2v) is 9.57. The number of hydrogen-bond acceptors (Lipinski definition) is 4. The molecule has 1 aromatic heterocycles. The molecule has 1 aliphatic heterocycles. The van der Waals surface area contributed by atoms with Crippen LogP contribution in [0.25, 0.3) is 11.0 Å². The van der Waals surface area contributed by atoms with Gasteiger partial charge in [-0.25, -0.2) is 0 Å². The maximum absolute atomic E-state index is 13.7. The van der Waals surface area contributed by atoms with Crippen LogP contribution in [-0.4, -0.2) is 24.5 Å². The van der Waals surface area contributed by atoms with Crippen molar-refractivity contribution in [1.29, 1.82) is 0 Å². The lowest BCUT2D eigenvalue weighted by Gasteiger charge is -2.25. The zero-order chi connectivity index (χ0) is 24.7. The van der Waals surface area contributed by atoms with E-state index in [0.717, 1.165) is 16.9 Å². The van der Waals surface area contributed by atoms with Crippen LogP contribution in [-0.2, 0) is 6.42 Å². The van der Waals surface area contributed by atoms with Crippen molar-refractivity contribution in [2.75, 3.05) is 13.7 Å². The number of amides is 1. The number of hydrogen-bond donors (Lipinski definition) is 0. The lowest BCUT2D eigenvalue weighted by molar-refractivity contribution is 0.0730. The van der Waals surface area contributed by atoms with E-state index in [0.29, 0.717) is 40.4 Å². The summed E-state index contributed by atoms with van der Waals surface area (Å²) in [6, 6.07) is 20.3. The molecule has 1 atom stereocenters. The molecule has 0 bridgehead atoms. The maximum atomic E-state index is 13.7. The maximum Gasteiger partial charge on any atom is 0.290 e. The average molecular weight is 488 g/mol. The summed E-state index contributed by atoms with van der Waals surface area (Å²) in [5.41, 5.74) is 3.65. The zero-order valence-electron chi connectivity index (χ0n) is 19.9. The minimum absolute atomic E-state index is 0.109. The number of benzene rings is 3. The van der Waals surface area contributed by atoms with Gasteiger partial charge in [0.05, 0.1) is 24.1 Å². The van der Waals surface area contributed by atoms with Gasteiger partial charge < -0.3 is 14.1 Å². The highest BCUT2D eigenvalue weighted by Gasteiger charge is 2.42. The standard InChI is InChI=1S/C29H26ClNO4/c1-17(2)19-6-8-20(9-7-19)26-25-27(32)23-16-21(30)10-13-24(23)35-28(25)29(33)31(26)15-14-18-4-11-22(34-3)12-5-18/h4-13,16-17,26H,14-15H2,1-3H3/t26-/m0/s1. The van der Waals surface area contributed by atoms with Gasteiger partial charge in [-0.2, -0.15) is 0 Å². The first-order valence-corrected chi connectivity index (χ1v) is 12.0. The summed E-state index contributed by atoms with van der Waals surface area (Å²) in [4.78, 5) is 29.0. The highest BCUT2D eigenvalue weighted by atomic mass is 35.5. The third kappa shape index (κ3) is 4.21. The highest BCUT2D eigenvalue weighted by molar-refractivity contribution is 6.31. The summed E-state index contributed by atoms with van der Waals surface area (Å²) in [6.45, 7) is 4.70. The second-order valence-electron chi connectivity index (χ2n) is 9.13. The minimum Gasteiger partial charge on any atom is -0.497 e. The number of carbonyl (C=O) groups excluding carboxylic acids is 1. The first kappa shape index (κ1) is 23.2. The Bertz CT molecular complexity index is 1460. The molecular formula is C29H26ClNO4. The lowest BCUT2D eigenvalue weighted by Crippen LogP contribution is -2.31. The summed E-state index contributed by atoms with van der Waals surface area (Å²) in [5.74, 6) is 0.989. The number of carbonyl (C=O) groups is 1. The molecule has 1 amide bonds. The first-order chi connectivity index (χ1) is 16.9. The largest absolute Gasteiger partial charge is 0.497 e. The van der Waals surface area contributed by atoms with Crippen molar-refractivity contribution in [1.82, 2.24) is 4.90 Å². The monoisotopic (exact) mass is 487 g/mol. The molecule has 2 heterocycles. The predicted octanol–water partition coefficient (Wildman–Crippen LogP) is 6.37. The number of methoxy groups -OCH3 is 1. The molecule has 0 spiro atoms. The van der Waals surface area contributed by atoms with Gasteiger partial charge in [-0.3, -0.25) is 9.59 Å². The Hall–Kier alpha value is -3.57. The van der Waals surface area contributed by atoms with Gasteiger partial charge in [0, 0.05) is 11.6 Å². The third-order valence-corrected chi connectivity index (χ3v) is 6.88. The van der Waals surface area contributed by atoms with Gasteiger partial charge in [-0.05, 0) is 59.4 Å². The van der Waals surface area contributed by atoms with Crippen molar-refractivity contribution in [3.05, 3.63) is 110 Å². The third-order valence-electron chi connectivity index (χ3n) is 6.65. The van der Waals surface area contributed by atoms with Crippen LogP contribution in [0.3, 0.4) is 0 Å². The summed E-state index contributed by atoms with van der Waals surface area (Å²) in [5, 5.41) is 0.827. The van der Waals surface area contributed by atoms with Crippen molar-refractivity contribution in [2.45, 2.75) is 32.2 Å². The van der Waals surface area contributed by atoms with Gasteiger partial charge in [0.25, 0.3) is 5.91 Å². The van der Waals surface area contributed by atoms with Crippen LogP contribution < -0.4 is 10.2 Å². The van der Waals surface area contributed by atoms with E-state index < -0.39 is 6.04 Å². The van der Waals surface area contributed by atoms with E-state index >= 15 is 0 Å². The van der Waals surface area contributed by atoms with Gasteiger partial charge in [-0.15, -0.1) is 0 Å². The Morgan fingerprint density at radius 1 is 1.00 bits per heavy atom. The summed E-state index contributed by atoms with van der Waals surface area (Å²) in [6.07, 6.45) is 0.629. The van der Waals surface area contributed by atoms with Crippen molar-refractivity contribution < 1.29 is 13.9 Å². The van der Waals surface area contributed by atoms with Crippen molar-refractivity contribution in [3.63, 3.8) is 0 Å². The second kappa shape index (κ2) is 9.23. The molecule has 4 aromatic rings. The van der Waals surface area contributed by atoms with Crippen LogP contribution >= 0.6 is 11.6 Å². The van der Waals surface area contributed by atoms with Crippen LogP contribution in [0, 0.1) is 0 Å². The van der Waals surface area contributed by atoms with Gasteiger partial charge in [0.15, 0.2) is 5.43 Å². The fourth-order valence-electron chi connectivity index (χ4n) is 4.67. The van der Waals surface area contributed by atoms with E-state index in [1.807, 2.05) is 36.4 Å². The number of nitrogens with zero attached hydrogens (tertiary/aromatic N) is 1.